The molecule has 0 saturated carbocycles. The Morgan fingerprint density at radius 1 is 1.41 bits per heavy atom. The summed E-state index contributed by atoms with van der Waals surface area (Å²) in [5.41, 5.74) is 8.61. The summed E-state index contributed by atoms with van der Waals surface area (Å²) in [4.78, 5) is 0. The van der Waals surface area contributed by atoms with Crippen LogP contribution in [0.2, 0.25) is 5.02 Å². The minimum absolute atomic E-state index is 0.500. The van der Waals surface area contributed by atoms with Crippen LogP contribution in [0.3, 0.4) is 0 Å². The number of nitrogens with one attached hydrogen (secondary N) is 1. The third kappa shape index (κ3) is 2.65. The predicted octanol–water partition coefficient (Wildman–Crippen LogP) is 2.28. The Bertz CT molecular complexity index is 496. The van der Waals surface area contributed by atoms with Crippen molar-refractivity contribution in [3.8, 4) is 5.69 Å². The van der Waals surface area contributed by atoms with Gasteiger partial charge >= 0.3 is 0 Å². The zero-order valence-electron chi connectivity index (χ0n) is 9.04. The molecule has 17 heavy (non-hydrogen) atoms. The number of aromatic nitrogens is 4. The fraction of sp³-hybridized carbons (Fsp3) is 0.300. The van der Waals surface area contributed by atoms with Crippen LogP contribution in [0, 0.1) is 5.53 Å². The molecule has 0 radical (unpaired) electrons. The van der Waals surface area contributed by atoms with Crippen molar-refractivity contribution >= 4 is 11.6 Å². The van der Waals surface area contributed by atoms with Crippen LogP contribution < -0.4 is 0 Å². The van der Waals surface area contributed by atoms with Crippen molar-refractivity contribution in [2.24, 2.45) is 5.11 Å². The molecule has 0 atom stereocenters. The molecular weight excluding hydrogens is 240 g/mol. The Morgan fingerprint density at radius 2 is 2.29 bits per heavy atom. The van der Waals surface area contributed by atoms with Gasteiger partial charge in [0.05, 0.1) is 12.2 Å². The van der Waals surface area contributed by atoms with E-state index in [2.05, 4.69) is 20.6 Å². The first kappa shape index (κ1) is 11.7. The summed E-state index contributed by atoms with van der Waals surface area (Å²) in [6.07, 6.45) is 3.06. The maximum Gasteiger partial charge on any atom is 0.143 e. The summed E-state index contributed by atoms with van der Waals surface area (Å²) in [5, 5.41) is 15.1. The molecule has 7 heteroatoms. The van der Waals surface area contributed by atoms with Crippen LogP contribution in [-0.4, -0.2) is 26.8 Å². The molecule has 1 aromatic heterocycles. The summed E-state index contributed by atoms with van der Waals surface area (Å²) < 4.78 is 1.58. The fourth-order valence-corrected chi connectivity index (χ4v) is 1.88. The molecule has 0 bridgehead atoms. The maximum atomic E-state index is 6.77. The van der Waals surface area contributed by atoms with E-state index in [1.165, 1.54) is 6.33 Å². The van der Waals surface area contributed by atoms with Crippen LogP contribution in [0.4, 0.5) is 0 Å². The molecule has 0 aliphatic carbocycles. The third-order valence-electron chi connectivity index (χ3n) is 2.39. The van der Waals surface area contributed by atoms with Crippen molar-refractivity contribution in [3.05, 3.63) is 35.1 Å². The van der Waals surface area contributed by atoms with Crippen molar-refractivity contribution in [2.45, 2.75) is 12.8 Å². The van der Waals surface area contributed by atoms with Crippen molar-refractivity contribution in [1.29, 1.82) is 5.53 Å². The zero-order chi connectivity index (χ0) is 12.1. The van der Waals surface area contributed by atoms with Crippen molar-refractivity contribution < 1.29 is 0 Å². The monoisotopic (exact) mass is 250 g/mol. The van der Waals surface area contributed by atoms with Gasteiger partial charge in [0.1, 0.15) is 6.33 Å². The van der Waals surface area contributed by atoms with Gasteiger partial charge in [-0.2, -0.15) is 5.11 Å². The molecule has 1 aromatic carbocycles. The summed E-state index contributed by atoms with van der Waals surface area (Å²) in [5.74, 6) is 0. The lowest BCUT2D eigenvalue weighted by molar-refractivity contribution is 0.752. The van der Waals surface area contributed by atoms with Crippen molar-refractivity contribution in [2.75, 3.05) is 6.54 Å². The van der Waals surface area contributed by atoms with Gasteiger partial charge in [0, 0.05) is 5.02 Å². The van der Waals surface area contributed by atoms with Gasteiger partial charge in [-0.3, -0.25) is 0 Å². The SMILES string of the molecule is N=NCCCc1c(Cl)cccc1-n1cnnn1. The highest BCUT2D eigenvalue weighted by atomic mass is 35.5. The van der Waals surface area contributed by atoms with Gasteiger partial charge in [-0.25, -0.2) is 10.2 Å². The molecule has 2 rings (SSSR count). The molecule has 88 valence electrons. The fourth-order valence-electron chi connectivity index (χ4n) is 1.62. The number of halogens is 1. The Labute approximate surface area is 103 Å². The Kier molecular flexibility index (Phi) is 3.77. The Morgan fingerprint density at radius 3 is 3.00 bits per heavy atom. The van der Waals surface area contributed by atoms with Gasteiger partial charge < -0.3 is 0 Å². The first-order chi connectivity index (χ1) is 8.33. The highest BCUT2D eigenvalue weighted by Gasteiger charge is 2.09. The number of tetrazole rings is 1. The van der Waals surface area contributed by atoms with E-state index in [1.807, 2.05) is 18.2 Å². The zero-order valence-corrected chi connectivity index (χ0v) is 9.80. The van der Waals surface area contributed by atoms with E-state index < -0.39 is 0 Å². The lowest BCUT2D eigenvalue weighted by atomic mass is 10.1. The molecule has 0 aliphatic heterocycles. The second-order valence-electron chi connectivity index (χ2n) is 3.48. The first-order valence-electron chi connectivity index (χ1n) is 5.17. The normalized spacial score (nSPS) is 10.4. The lowest BCUT2D eigenvalue weighted by Gasteiger charge is -2.09. The molecular formula is C10H11ClN6. The van der Waals surface area contributed by atoms with Gasteiger partial charge in [0.15, 0.2) is 0 Å². The Balaban J connectivity index is 2.31. The van der Waals surface area contributed by atoms with Crippen LogP contribution in [0.5, 0.6) is 0 Å². The molecule has 0 spiro atoms. The number of nitrogens with zero attached hydrogens (tertiary/aromatic N) is 5. The van der Waals surface area contributed by atoms with Crippen LogP contribution in [0.25, 0.3) is 5.69 Å². The largest absolute Gasteiger partial charge is 0.210 e. The van der Waals surface area contributed by atoms with E-state index in [-0.39, 0.29) is 0 Å². The highest BCUT2D eigenvalue weighted by molar-refractivity contribution is 6.31. The van der Waals surface area contributed by atoms with Gasteiger partial charge in [-0.1, -0.05) is 17.7 Å². The van der Waals surface area contributed by atoms with Crippen LogP contribution in [0.15, 0.2) is 29.6 Å². The van der Waals surface area contributed by atoms with E-state index in [0.717, 1.165) is 24.1 Å². The van der Waals surface area contributed by atoms with Crippen LogP contribution in [-0.2, 0) is 6.42 Å². The molecule has 0 saturated heterocycles. The number of benzene rings is 1. The Hall–Kier alpha value is -1.82. The number of hydrogen-bond acceptors (Lipinski definition) is 5. The highest BCUT2D eigenvalue weighted by Crippen LogP contribution is 2.23. The van der Waals surface area contributed by atoms with E-state index in [0.29, 0.717) is 11.6 Å². The quantitative estimate of drug-likeness (QED) is 0.653. The first-order valence-corrected chi connectivity index (χ1v) is 5.54. The van der Waals surface area contributed by atoms with E-state index in [4.69, 9.17) is 17.1 Å². The van der Waals surface area contributed by atoms with Gasteiger partial charge in [-0.05, 0) is 41.0 Å². The number of rotatable bonds is 5. The minimum atomic E-state index is 0.500. The molecule has 6 nitrogen and oxygen atoms in total. The summed E-state index contributed by atoms with van der Waals surface area (Å²) >= 11 is 6.17. The predicted molar refractivity (Wildman–Crippen MR) is 62.5 cm³/mol. The molecule has 1 heterocycles. The minimum Gasteiger partial charge on any atom is -0.210 e. The molecule has 0 unspecified atom stereocenters. The topological polar surface area (TPSA) is 79.8 Å². The molecule has 0 fully saturated rings. The van der Waals surface area contributed by atoms with Crippen LogP contribution >= 0.6 is 11.6 Å². The summed E-state index contributed by atoms with van der Waals surface area (Å²) in [6, 6.07) is 5.61. The second kappa shape index (κ2) is 5.49. The molecule has 1 N–H and O–H groups in total. The maximum absolute atomic E-state index is 6.77. The average Bonchev–Trinajstić information content (AvgIpc) is 2.85. The van der Waals surface area contributed by atoms with Crippen molar-refractivity contribution in [3.63, 3.8) is 0 Å². The number of hydrogen-bond donors (Lipinski definition) is 1. The average molecular weight is 251 g/mol. The molecule has 0 aliphatic rings. The van der Waals surface area contributed by atoms with Gasteiger partial charge in [0.25, 0.3) is 0 Å². The summed E-state index contributed by atoms with van der Waals surface area (Å²) in [7, 11) is 0. The van der Waals surface area contributed by atoms with Gasteiger partial charge in [-0.15, -0.1) is 5.10 Å². The van der Waals surface area contributed by atoms with E-state index in [9.17, 15) is 0 Å². The molecule has 0 amide bonds. The van der Waals surface area contributed by atoms with Crippen LogP contribution in [0.1, 0.15) is 12.0 Å². The molecule has 2 aromatic rings. The van der Waals surface area contributed by atoms with Crippen molar-refractivity contribution in [1.82, 2.24) is 20.2 Å². The van der Waals surface area contributed by atoms with E-state index >= 15 is 0 Å². The van der Waals surface area contributed by atoms with E-state index in [1.54, 1.807) is 4.68 Å². The van der Waals surface area contributed by atoms with Gasteiger partial charge in [0.2, 0.25) is 0 Å². The third-order valence-corrected chi connectivity index (χ3v) is 2.74. The smallest absolute Gasteiger partial charge is 0.143 e. The summed E-state index contributed by atoms with van der Waals surface area (Å²) in [6.45, 7) is 0.500. The standard InChI is InChI=1S/C10H11ClN6/c11-9-4-1-5-10(17-7-14-15-16-17)8(9)3-2-6-13-12/h1,4-5,7,12H,2-3,6H2. The second-order valence-corrected chi connectivity index (χ2v) is 3.88. The lowest BCUT2D eigenvalue weighted by Crippen LogP contribution is -2.02.